The molecule has 2 atom stereocenters. The monoisotopic (exact) mass is 632 g/mol. The van der Waals surface area contributed by atoms with E-state index in [1.807, 2.05) is 34.1 Å². The zero-order valence-electron chi connectivity index (χ0n) is 22.4. The maximum atomic E-state index is 13.5. The highest BCUT2D eigenvalue weighted by Gasteiger charge is 2.51. The summed E-state index contributed by atoms with van der Waals surface area (Å²) >= 11 is 15.7. The van der Waals surface area contributed by atoms with Gasteiger partial charge in [-0.05, 0) is 66.5 Å². The number of fused-ring (bicyclic) bond motifs is 1. The Morgan fingerprint density at radius 2 is 1.85 bits per heavy atom. The van der Waals surface area contributed by atoms with Crippen LogP contribution < -0.4 is 5.32 Å². The summed E-state index contributed by atoms with van der Waals surface area (Å²) in [5.41, 5.74) is 2.99. The van der Waals surface area contributed by atoms with Gasteiger partial charge < -0.3 is 15.1 Å². The second kappa shape index (κ2) is 11.8. The Labute approximate surface area is 249 Å². The zero-order valence-corrected chi connectivity index (χ0v) is 25.5. The molecular weight excluding hydrogens is 599 g/mol. The van der Waals surface area contributed by atoms with Gasteiger partial charge in [0, 0.05) is 61.5 Å². The molecule has 6 rings (SSSR count). The lowest BCUT2D eigenvalue weighted by Crippen LogP contribution is -2.52. The van der Waals surface area contributed by atoms with E-state index in [1.54, 1.807) is 18.2 Å². The number of urea groups is 1. The van der Waals surface area contributed by atoms with Crippen molar-refractivity contribution in [1.82, 2.24) is 14.7 Å². The summed E-state index contributed by atoms with van der Waals surface area (Å²) in [6.07, 6.45) is 4.67. The Bertz CT molecular complexity index is 1280. The number of carbonyl (C=O) groups is 2. The highest BCUT2D eigenvalue weighted by atomic mass is 79.9. The first kappa shape index (κ1) is 28.5. The summed E-state index contributed by atoms with van der Waals surface area (Å²) in [5, 5.41) is 3.89. The SMILES string of the molecule is CC1(C)C2CC=C(CN(CCN3CCN(C(=O)c4cccc(Br)c4)CC3)C(=O)Nc3ccc(Cl)c(Cl)c3)C1C2. The number of nitrogens with one attached hydrogen (secondary N) is 1. The summed E-state index contributed by atoms with van der Waals surface area (Å²) in [4.78, 5) is 32.6. The van der Waals surface area contributed by atoms with E-state index in [2.05, 4.69) is 46.1 Å². The van der Waals surface area contributed by atoms with Crippen molar-refractivity contribution in [2.45, 2.75) is 26.7 Å². The Morgan fingerprint density at radius 1 is 1.08 bits per heavy atom. The second-order valence-electron chi connectivity index (χ2n) is 11.4. The van der Waals surface area contributed by atoms with Gasteiger partial charge in [0.15, 0.2) is 0 Å². The van der Waals surface area contributed by atoms with Crippen LogP contribution in [0.3, 0.4) is 0 Å². The third-order valence-corrected chi connectivity index (χ3v) is 10.1. The Hall–Kier alpha value is -2.06. The van der Waals surface area contributed by atoms with Crippen molar-refractivity contribution in [2.75, 3.05) is 51.1 Å². The maximum absolute atomic E-state index is 13.5. The number of halogens is 3. The number of piperazine rings is 1. The van der Waals surface area contributed by atoms with Crippen molar-refractivity contribution in [2.24, 2.45) is 17.3 Å². The van der Waals surface area contributed by atoms with Crippen molar-refractivity contribution in [3.8, 4) is 0 Å². The van der Waals surface area contributed by atoms with Crippen LogP contribution in [0.5, 0.6) is 0 Å². The Balaban J connectivity index is 1.21. The fourth-order valence-corrected chi connectivity index (χ4v) is 6.84. The van der Waals surface area contributed by atoms with Crippen LogP contribution in [0.25, 0.3) is 0 Å². The molecule has 0 aromatic heterocycles. The van der Waals surface area contributed by atoms with Gasteiger partial charge in [0.05, 0.1) is 10.0 Å². The number of nitrogens with zero attached hydrogens (tertiary/aromatic N) is 3. The molecule has 0 radical (unpaired) electrons. The Kier molecular flexibility index (Phi) is 8.62. The largest absolute Gasteiger partial charge is 0.336 e. The van der Waals surface area contributed by atoms with Crippen LogP contribution in [0.15, 0.2) is 58.6 Å². The summed E-state index contributed by atoms with van der Waals surface area (Å²) in [5.74, 6) is 1.34. The molecule has 2 unspecified atom stereocenters. The summed E-state index contributed by atoms with van der Waals surface area (Å²) in [6.45, 7) is 9.58. The van der Waals surface area contributed by atoms with Crippen molar-refractivity contribution in [3.05, 3.63) is 74.2 Å². The number of hydrogen-bond acceptors (Lipinski definition) is 3. The van der Waals surface area contributed by atoms with Gasteiger partial charge in [-0.15, -0.1) is 0 Å². The standard InChI is InChI=1S/C30H35BrCl2N4O2/c1-30(2)22-7-6-21(25(30)17-22)19-37(29(39)34-24-8-9-26(32)27(33)18-24)15-12-35-10-13-36(14-11-35)28(38)20-4-3-5-23(31)16-20/h3-6,8-9,16,18,22,25H,7,10-15,17,19H2,1-2H3,(H,34,39). The van der Waals surface area contributed by atoms with Gasteiger partial charge in [-0.3, -0.25) is 9.69 Å². The molecule has 1 heterocycles. The van der Waals surface area contributed by atoms with Gasteiger partial charge in [-0.1, -0.05) is 70.7 Å². The molecule has 2 fully saturated rings. The lowest BCUT2D eigenvalue weighted by molar-refractivity contribution is -0.00970. The predicted octanol–water partition coefficient (Wildman–Crippen LogP) is 7.04. The predicted molar refractivity (Wildman–Crippen MR) is 162 cm³/mol. The molecule has 1 aliphatic heterocycles. The molecule has 3 aliphatic carbocycles. The van der Waals surface area contributed by atoms with Gasteiger partial charge in [0.1, 0.15) is 0 Å². The van der Waals surface area contributed by atoms with E-state index in [0.29, 0.717) is 58.8 Å². The number of benzene rings is 2. The van der Waals surface area contributed by atoms with E-state index in [0.717, 1.165) is 36.4 Å². The lowest BCUT2D eigenvalue weighted by Gasteiger charge is -2.57. The van der Waals surface area contributed by atoms with Crippen LogP contribution in [0.2, 0.25) is 10.0 Å². The summed E-state index contributed by atoms with van der Waals surface area (Å²) in [6, 6.07) is 12.5. The molecular formula is C30H35BrCl2N4O2. The minimum atomic E-state index is -0.142. The van der Waals surface area contributed by atoms with E-state index >= 15 is 0 Å². The van der Waals surface area contributed by atoms with Gasteiger partial charge in [-0.25, -0.2) is 4.79 Å². The Morgan fingerprint density at radius 3 is 2.51 bits per heavy atom. The van der Waals surface area contributed by atoms with Crippen LogP contribution in [0.4, 0.5) is 10.5 Å². The molecule has 4 aliphatic rings. The number of hydrogen-bond donors (Lipinski definition) is 1. The number of rotatable bonds is 7. The smallest absolute Gasteiger partial charge is 0.322 e. The lowest BCUT2D eigenvalue weighted by atomic mass is 9.49. The average Bonchev–Trinajstić information content (AvgIpc) is 2.93. The topological polar surface area (TPSA) is 55.9 Å². The fourth-order valence-electron chi connectivity index (χ4n) is 6.15. The highest BCUT2D eigenvalue weighted by molar-refractivity contribution is 9.10. The molecule has 6 nitrogen and oxygen atoms in total. The molecule has 2 bridgehead atoms. The molecule has 0 spiro atoms. The molecule has 3 amide bonds. The third-order valence-electron chi connectivity index (χ3n) is 8.83. The van der Waals surface area contributed by atoms with Gasteiger partial charge in [0.2, 0.25) is 0 Å². The maximum Gasteiger partial charge on any atom is 0.322 e. The van der Waals surface area contributed by atoms with Crippen LogP contribution >= 0.6 is 39.1 Å². The third kappa shape index (κ3) is 6.32. The average molecular weight is 634 g/mol. The number of allylic oxidation sites excluding steroid dienone is 1. The van der Waals surface area contributed by atoms with Crippen molar-refractivity contribution in [3.63, 3.8) is 0 Å². The van der Waals surface area contributed by atoms with Gasteiger partial charge >= 0.3 is 6.03 Å². The highest BCUT2D eigenvalue weighted by Crippen LogP contribution is 2.59. The normalized spacial score (nSPS) is 22.1. The first-order chi connectivity index (χ1) is 18.6. The molecule has 208 valence electrons. The van der Waals surface area contributed by atoms with Crippen LogP contribution in [-0.4, -0.2) is 72.5 Å². The molecule has 1 saturated carbocycles. The van der Waals surface area contributed by atoms with E-state index < -0.39 is 0 Å². The van der Waals surface area contributed by atoms with E-state index in [1.165, 1.54) is 12.0 Å². The van der Waals surface area contributed by atoms with E-state index in [-0.39, 0.29) is 11.9 Å². The van der Waals surface area contributed by atoms with Crippen molar-refractivity contribution in [1.29, 1.82) is 0 Å². The van der Waals surface area contributed by atoms with E-state index in [4.69, 9.17) is 23.2 Å². The molecule has 39 heavy (non-hydrogen) atoms. The van der Waals surface area contributed by atoms with Crippen LogP contribution in [-0.2, 0) is 0 Å². The van der Waals surface area contributed by atoms with Crippen LogP contribution in [0.1, 0.15) is 37.0 Å². The first-order valence-electron chi connectivity index (χ1n) is 13.6. The fraction of sp³-hybridized carbons (Fsp3) is 0.467. The van der Waals surface area contributed by atoms with Gasteiger partial charge in [0.25, 0.3) is 5.91 Å². The zero-order chi connectivity index (χ0) is 27.7. The van der Waals surface area contributed by atoms with Crippen molar-refractivity contribution >= 4 is 56.8 Å². The minimum absolute atomic E-state index is 0.0595. The van der Waals surface area contributed by atoms with E-state index in [9.17, 15) is 9.59 Å². The number of amides is 3. The number of anilines is 1. The second-order valence-corrected chi connectivity index (χ2v) is 13.2. The molecule has 1 saturated heterocycles. The summed E-state index contributed by atoms with van der Waals surface area (Å²) in [7, 11) is 0. The minimum Gasteiger partial charge on any atom is -0.336 e. The number of carbonyl (C=O) groups excluding carboxylic acids is 2. The molecule has 2 aromatic rings. The first-order valence-corrected chi connectivity index (χ1v) is 15.1. The summed E-state index contributed by atoms with van der Waals surface area (Å²) < 4.78 is 0.903. The van der Waals surface area contributed by atoms with Gasteiger partial charge in [-0.2, -0.15) is 0 Å². The quantitative estimate of drug-likeness (QED) is 0.333. The van der Waals surface area contributed by atoms with Crippen LogP contribution in [0, 0.1) is 17.3 Å². The molecule has 2 aromatic carbocycles. The molecule has 9 heteroatoms. The molecule has 1 N–H and O–H groups in total. The van der Waals surface area contributed by atoms with Crippen molar-refractivity contribution < 1.29 is 9.59 Å².